The van der Waals surface area contributed by atoms with E-state index in [-0.39, 0.29) is 12.5 Å². The second-order valence-corrected chi connectivity index (χ2v) is 3.79. The van der Waals surface area contributed by atoms with Crippen molar-refractivity contribution in [3.8, 4) is 0 Å². The Hall–Kier alpha value is -2.11. The lowest BCUT2D eigenvalue weighted by Gasteiger charge is -2.11. The van der Waals surface area contributed by atoms with Gasteiger partial charge in [-0.1, -0.05) is 0 Å². The highest BCUT2D eigenvalue weighted by Crippen LogP contribution is 2.07. The molecule has 18 heavy (non-hydrogen) atoms. The predicted octanol–water partition coefficient (Wildman–Crippen LogP) is 0.440. The summed E-state index contributed by atoms with van der Waals surface area (Å²) in [4.78, 5) is 28.7. The van der Waals surface area contributed by atoms with Gasteiger partial charge in [0.05, 0.1) is 12.2 Å². The van der Waals surface area contributed by atoms with Crippen molar-refractivity contribution in [1.29, 1.82) is 0 Å². The van der Waals surface area contributed by atoms with Crippen molar-refractivity contribution in [2.75, 3.05) is 32.1 Å². The smallest absolute Gasteiger partial charge is 0.325 e. The number of nitrogens with zero attached hydrogens (tertiary/aromatic N) is 2. The molecule has 0 aromatic carbocycles. The number of rotatable bonds is 5. The summed E-state index contributed by atoms with van der Waals surface area (Å²) in [6.45, 7) is 1.87. The van der Waals surface area contributed by atoms with Crippen LogP contribution in [0.4, 0.5) is 5.82 Å². The number of carbonyl (C=O) groups is 2. The van der Waals surface area contributed by atoms with Crippen molar-refractivity contribution in [3.05, 3.63) is 23.9 Å². The minimum absolute atomic E-state index is 0.137. The van der Waals surface area contributed by atoms with E-state index < -0.39 is 5.97 Å². The molecule has 0 saturated heterocycles. The molecule has 0 spiro atoms. The quantitative estimate of drug-likeness (QED) is 0.769. The van der Waals surface area contributed by atoms with Crippen molar-refractivity contribution in [2.24, 2.45) is 0 Å². The molecule has 0 radical (unpaired) electrons. The van der Waals surface area contributed by atoms with Crippen molar-refractivity contribution in [2.45, 2.75) is 6.92 Å². The lowest BCUT2D eigenvalue weighted by molar-refractivity contribution is -0.141. The standard InChI is InChI=1S/C12H17N3O3/c1-4-18-11(16)8-14-12(17)9-5-6-10(13-7-9)15(2)3/h5-7H,4,8H2,1-3H3,(H,14,17). The molecule has 1 rings (SSSR count). The van der Waals surface area contributed by atoms with Gasteiger partial charge in [-0.05, 0) is 19.1 Å². The maximum Gasteiger partial charge on any atom is 0.325 e. The zero-order valence-electron chi connectivity index (χ0n) is 10.8. The predicted molar refractivity (Wildman–Crippen MR) is 67.5 cm³/mol. The number of anilines is 1. The molecule has 0 fully saturated rings. The first kappa shape index (κ1) is 14.0. The molecule has 0 aliphatic carbocycles. The molecule has 1 amide bonds. The average molecular weight is 251 g/mol. The van der Waals surface area contributed by atoms with Crippen molar-refractivity contribution in [1.82, 2.24) is 10.3 Å². The van der Waals surface area contributed by atoms with E-state index in [0.29, 0.717) is 12.2 Å². The Morgan fingerprint density at radius 2 is 2.11 bits per heavy atom. The lowest BCUT2D eigenvalue weighted by atomic mass is 10.2. The van der Waals surface area contributed by atoms with Gasteiger partial charge in [-0.2, -0.15) is 0 Å². The van der Waals surface area contributed by atoms with Gasteiger partial charge in [0.25, 0.3) is 5.91 Å². The van der Waals surface area contributed by atoms with Crippen LogP contribution in [0.5, 0.6) is 0 Å². The van der Waals surface area contributed by atoms with Crippen LogP contribution in [0.25, 0.3) is 0 Å². The molecular weight excluding hydrogens is 234 g/mol. The van der Waals surface area contributed by atoms with Crippen LogP contribution in [0.15, 0.2) is 18.3 Å². The van der Waals surface area contributed by atoms with Gasteiger partial charge < -0.3 is 15.0 Å². The van der Waals surface area contributed by atoms with E-state index in [1.165, 1.54) is 6.20 Å². The van der Waals surface area contributed by atoms with Crippen LogP contribution in [0.1, 0.15) is 17.3 Å². The fourth-order valence-corrected chi connectivity index (χ4v) is 1.25. The van der Waals surface area contributed by atoms with Gasteiger partial charge in [-0.15, -0.1) is 0 Å². The number of carbonyl (C=O) groups excluding carboxylic acids is 2. The van der Waals surface area contributed by atoms with Gasteiger partial charge >= 0.3 is 5.97 Å². The molecule has 98 valence electrons. The molecule has 1 aromatic heterocycles. The Morgan fingerprint density at radius 3 is 2.61 bits per heavy atom. The maximum absolute atomic E-state index is 11.7. The molecule has 1 N–H and O–H groups in total. The summed E-state index contributed by atoms with van der Waals surface area (Å²) in [7, 11) is 3.73. The highest BCUT2D eigenvalue weighted by molar-refractivity contribution is 5.95. The number of ether oxygens (including phenoxy) is 1. The van der Waals surface area contributed by atoms with E-state index in [0.717, 1.165) is 5.82 Å². The van der Waals surface area contributed by atoms with Crippen LogP contribution in [0.2, 0.25) is 0 Å². The van der Waals surface area contributed by atoms with Gasteiger partial charge in [-0.3, -0.25) is 9.59 Å². The first-order valence-electron chi connectivity index (χ1n) is 5.61. The summed E-state index contributed by atoms with van der Waals surface area (Å²) in [5.41, 5.74) is 0.407. The molecule has 0 aliphatic rings. The molecule has 0 atom stereocenters. The first-order valence-corrected chi connectivity index (χ1v) is 5.61. The number of hydrogen-bond donors (Lipinski definition) is 1. The number of esters is 1. The molecule has 6 heteroatoms. The van der Waals surface area contributed by atoms with Gasteiger partial charge in [0, 0.05) is 20.3 Å². The number of pyridine rings is 1. The Morgan fingerprint density at radius 1 is 1.39 bits per heavy atom. The fraction of sp³-hybridized carbons (Fsp3) is 0.417. The summed E-state index contributed by atoms with van der Waals surface area (Å²) < 4.78 is 4.70. The third kappa shape index (κ3) is 4.04. The third-order valence-corrected chi connectivity index (χ3v) is 2.17. The van der Waals surface area contributed by atoms with E-state index in [2.05, 4.69) is 10.3 Å². The Labute approximate surface area is 106 Å². The number of aromatic nitrogens is 1. The minimum Gasteiger partial charge on any atom is -0.465 e. The molecular formula is C12H17N3O3. The van der Waals surface area contributed by atoms with Gasteiger partial charge in [0.15, 0.2) is 0 Å². The zero-order chi connectivity index (χ0) is 13.5. The zero-order valence-corrected chi connectivity index (χ0v) is 10.8. The van der Waals surface area contributed by atoms with E-state index >= 15 is 0 Å². The Kier molecular flexibility index (Phi) is 5.10. The van der Waals surface area contributed by atoms with Crippen LogP contribution in [-0.4, -0.2) is 44.1 Å². The molecule has 0 saturated carbocycles. The van der Waals surface area contributed by atoms with Crippen molar-refractivity contribution < 1.29 is 14.3 Å². The molecule has 0 aliphatic heterocycles. The normalized spacial score (nSPS) is 9.72. The molecule has 0 bridgehead atoms. The monoisotopic (exact) mass is 251 g/mol. The van der Waals surface area contributed by atoms with E-state index in [1.54, 1.807) is 19.1 Å². The van der Waals surface area contributed by atoms with Crippen molar-refractivity contribution in [3.63, 3.8) is 0 Å². The van der Waals surface area contributed by atoms with Crippen LogP contribution >= 0.6 is 0 Å². The molecule has 1 heterocycles. The van der Waals surface area contributed by atoms with E-state index in [1.807, 2.05) is 19.0 Å². The summed E-state index contributed by atoms with van der Waals surface area (Å²) >= 11 is 0. The highest BCUT2D eigenvalue weighted by atomic mass is 16.5. The number of amides is 1. The second-order valence-electron chi connectivity index (χ2n) is 3.79. The van der Waals surface area contributed by atoms with Gasteiger partial charge in [-0.25, -0.2) is 4.98 Å². The summed E-state index contributed by atoms with van der Waals surface area (Å²) in [5.74, 6) is -0.0403. The number of nitrogens with one attached hydrogen (secondary N) is 1. The third-order valence-electron chi connectivity index (χ3n) is 2.17. The first-order chi connectivity index (χ1) is 8.54. The molecule has 1 aromatic rings. The largest absolute Gasteiger partial charge is 0.465 e. The fourth-order valence-electron chi connectivity index (χ4n) is 1.25. The summed E-state index contributed by atoms with van der Waals surface area (Å²) in [5, 5.41) is 2.47. The van der Waals surface area contributed by atoms with Crippen LogP contribution < -0.4 is 10.2 Å². The minimum atomic E-state index is -0.455. The summed E-state index contributed by atoms with van der Waals surface area (Å²) in [6.07, 6.45) is 1.47. The highest BCUT2D eigenvalue weighted by Gasteiger charge is 2.09. The molecule has 0 unspecified atom stereocenters. The van der Waals surface area contributed by atoms with Crippen molar-refractivity contribution >= 4 is 17.7 Å². The van der Waals surface area contributed by atoms with Gasteiger partial charge in [0.1, 0.15) is 12.4 Å². The Bertz CT molecular complexity index is 415. The second kappa shape index (κ2) is 6.58. The van der Waals surface area contributed by atoms with E-state index in [9.17, 15) is 9.59 Å². The Balaban J connectivity index is 2.54. The van der Waals surface area contributed by atoms with Crippen LogP contribution in [0.3, 0.4) is 0 Å². The van der Waals surface area contributed by atoms with Crippen LogP contribution in [0, 0.1) is 0 Å². The average Bonchev–Trinajstić information content (AvgIpc) is 2.36. The van der Waals surface area contributed by atoms with E-state index in [4.69, 9.17) is 4.74 Å². The number of hydrogen-bond acceptors (Lipinski definition) is 5. The van der Waals surface area contributed by atoms with Gasteiger partial charge in [0.2, 0.25) is 0 Å². The molecule has 6 nitrogen and oxygen atoms in total. The topological polar surface area (TPSA) is 71.5 Å². The SMILES string of the molecule is CCOC(=O)CNC(=O)c1ccc(N(C)C)nc1. The van der Waals surface area contributed by atoms with Crippen LogP contribution in [-0.2, 0) is 9.53 Å². The lowest BCUT2D eigenvalue weighted by Crippen LogP contribution is -2.30. The maximum atomic E-state index is 11.7. The summed E-state index contributed by atoms with van der Waals surface area (Å²) in [6, 6.07) is 3.39.